The second-order valence-electron chi connectivity index (χ2n) is 4.47. The van der Waals surface area contributed by atoms with E-state index in [2.05, 4.69) is 5.32 Å². The van der Waals surface area contributed by atoms with Gasteiger partial charge in [-0.3, -0.25) is 4.79 Å². The Kier molecular flexibility index (Phi) is 2.49. The molecule has 2 atom stereocenters. The Morgan fingerprint density at radius 1 is 1.64 bits per heavy atom. The zero-order valence-corrected chi connectivity index (χ0v) is 8.58. The SMILES string of the molecule is CC(NC(=O)C1(N)CC1)C1CCCO1. The van der Waals surface area contributed by atoms with Gasteiger partial charge in [-0.05, 0) is 32.6 Å². The van der Waals surface area contributed by atoms with Crippen molar-refractivity contribution in [3.05, 3.63) is 0 Å². The molecule has 14 heavy (non-hydrogen) atoms. The van der Waals surface area contributed by atoms with Crippen LogP contribution >= 0.6 is 0 Å². The van der Waals surface area contributed by atoms with Gasteiger partial charge in [0.1, 0.15) is 0 Å². The number of amides is 1. The summed E-state index contributed by atoms with van der Waals surface area (Å²) in [5.41, 5.74) is 5.22. The first kappa shape index (κ1) is 9.93. The number of carbonyl (C=O) groups excluding carboxylic acids is 1. The van der Waals surface area contributed by atoms with Crippen LogP contribution in [0.3, 0.4) is 0 Å². The number of carbonyl (C=O) groups is 1. The predicted octanol–water partition coefficient (Wildman–Crippen LogP) is 0.161. The van der Waals surface area contributed by atoms with E-state index < -0.39 is 5.54 Å². The molecule has 2 aliphatic rings. The first-order valence-corrected chi connectivity index (χ1v) is 5.33. The molecule has 0 bridgehead atoms. The molecule has 4 heteroatoms. The molecule has 2 unspecified atom stereocenters. The number of ether oxygens (including phenoxy) is 1. The molecule has 1 saturated carbocycles. The normalized spacial score (nSPS) is 31.1. The van der Waals surface area contributed by atoms with E-state index in [1.54, 1.807) is 0 Å². The maximum absolute atomic E-state index is 11.6. The van der Waals surface area contributed by atoms with Crippen molar-refractivity contribution in [2.24, 2.45) is 5.73 Å². The summed E-state index contributed by atoms with van der Waals surface area (Å²) in [4.78, 5) is 11.6. The van der Waals surface area contributed by atoms with E-state index in [4.69, 9.17) is 10.5 Å². The first-order valence-electron chi connectivity index (χ1n) is 5.33. The summed E-state index contributed by atoms with van der Waals surface area (Å²) in [6.07, 6.45) is 3.95. The van der Waals surface area contributed by atoms with Crippen molar-refractivity contribution < 1.29 is 9.53 Å². The van der Waals surface area contributed by atoms with Gasteiger partial charge in [0.05, 0.1) is 17.7 Å². The number of nitrogens with two attached hydrogens (primary N) is 1. The third-order valence-electron chi connectivity index (χ3n) is 3.12. The Morgan fingerprint density at radius 3 is 2.86 bits per heavy atom. The highest BCUT2D eigenvalue weighted by Crippen LogP contribution is 2.32. The van der Waals surface area contributed by atoms with Gasteiger partial charge in [-0.1, -0.05) is 0 Å². The van der Waals surface area contributed by atoms with E-state index in [-0.39, 0.29) is 18.1 Å². The quantitative estimate of drug-likeness (QED) is 0.679. The van der Waals surface area contributed by atoms with Gasteiger partial charge < -0.3 is 15.8 Å². The topological polar surface area (TPSA) is 64.4 Å². The third-order valence-corrected chi connectivity index (χ3v) is 3.12. The highest BCUT2D eigenvalue weighted by Gasteiger charge is 2.46. The summed E-state index contributed by atoms with van der Waals surface area (Å²) in [5, 5.41) is 2.94. The van der Waals surface area contributed by atoms with E-state index in [0.717, 1.165) is 32.3 Å². The Morgan fingerprint density at radius 2 is 2.36 bits per heavy atom. The van der Waals surface area contributed by atoms with Gasteiger partial charge in [0.25, 0.3) is 0 Å². The van der Waals surface area contributed by atoms with Crippen LogP contribution in [0.4, 0.5) is 0 Å². The van der Waals surface area contributed by atoms with Crippen molar-refractivity contribution in [1.29, 1.82) is 0 Å². The van der Waals surface area contributed by atoms with Crippen molar-refractivity contribution >= 4 is 5.91 Å². The molecule has 2 rings (SSSR count). The minimum absolute atomic E-state index is 0.0134. The maximum Gasteiger partial charge on any atom is 0.240 e. The molecule has 1 heterocycles. The van der Waals surface area contributed by atoms with E-state index in [1.807, 2.05) is 6.92 Å². The molecule has 1 saturated heterocycles. The van der Waals surface area contributed by atoms with Gasteiger partial charge >= 0.3 is 0 Å². The van der Waals surface area contributed by atoms with E-state index >= 15 is 0 Å². The lowest BCUT2D eigenvalue weighted by atomic mass is 10.1. The average molecular weight is 198 g/mol. The van der Waals surface area contributed by atoms with Crippen molar-refractivity contribution in [3.63, 3.8) is 0 Å². The molecule has 1 amide bonds. The van der Waals surface area contributed by atoms with Gasteiger partial charge in [0, 0.05) is 6.61 Å². The summed E-state index contributed by atoms with van der Waals surface area (Å²) in [6, 6.07) is 0.0889. The predicted molar refractivity (Wildman–Crippen MR) is 52.7 cm³/mol. The Hall–Kier alpha value is -0.610. The van der Waals surface area contributed by atoms with Crippen LogP contribution in [0.1, 0.15) is 32.6 Å². The van der Waals surface area contributed by atoms with E-state index in [0.29, 0.717) is 0 Å². The molecule has 0 aromatic heterocycles. The monoisotopic (exact) mass is 198 g/mol. The van der Waals surface area contributed by atoms with Crippen molar-refractivity contribution in [1.82, 2.24) is 5.32 Å². The van der Waals surface area contributed by atoms with Gasteiger partial charge in [0.15, 0.2) is 0 Å². The molecule has 1 aliphatic heterocycles. The zero-order valence-electron chi connectivity index (χ0n) is 8.58. The van der Waals surface area contributed by atoms with Crippen LogP contribution in [0, 0.1) is 0 Å². The third kappa shape index (κ3) is 1.91. The minimum Gasteiger partial charge on any atom is -0.376 e. The lowest BCUT2D eigenvalue weighted by molar-refractivity contribution is -0.124. The fourth-order valence-electron chi connectivity index (χ4n) is 1.80. The second kappa shape index (κ2) is 3.51. The molecular formula is C10H18N2O2. The molecule has 1 aliphatic carbocycles. The van der Waals surface area contributed by atoms with Crippen molar-refractivity contribution in [2.75, 3.05) is 6.61 Å². The largest absolute Gasteiger partial charge is 0.376 e. The highest BCUT2D eigenvalue weighted by atomic mass is 16.5. The maximum atomic E-state index is 11.6. The van der Waals surface area contributed by atoms with Crippen LogP contribution < -0.4 is 11.1 Å². The number of rotatable bonds is 3. The van der Waals surface area contributed by atoms with Crippen molar-refractivity contribution in [2.45, 2.75) is 50.3 Å². The summed E-state index contributed by atoms with van der Waals surface area (Å²) in [6.45, 7) is 2.80. The summed E-state index contributed by atoms with van der Waals surface area (Å²) in [5.74, 6) is -0.0134. The van der Waals surface area contributed by atoms with Crippen LogP contribution in [0.5, 0.6) is 0 Å². The standard InChI is InChI=1S/C10H18N2O2/c1-7(8-3-2-6-14-8)12-9(13)10(11)4-5-10/h7-8H,2-6,11H2,1H3,(H,12,13). The second-order valence-corrected chi connectivity index (χ2v) is 4.47. The van der Waals surface area contributed by atoms with Crippen molar-refractivity contribution in [3.8, 4) is 0 Å². The Balaban J connectivity index is 1.81. The summed E-state index contributed by atoms with van der Waals surface area (Å²) < 4.78 is 5.49. The van der Waals surface area contributed by atoms with Crippen LogP contribution in [0.15, 0.2) is 0 Å². The first-order chi connectivity index (χ1) is 6.62. The molecule has 0 spiro atoms. The molecule has 4 nitrogen and oxygen atoms in total. The smallest absolute Gasteiger partial charge is 0.240 e. The van der Waals surface area contributed by atoms with Gasteiger partial charge in [-0.15, -0.1) is 0 Å². The number of hydrogen-bond donors (Lipinski definition) is 2. The van der Waals surface area contributed by atoms with Crippen LogP contribution in [-0.2, 0) is 9.53 Å². The Labute approximate surface area is 84.2 Å². The van der Waals surface area contributed by atoms with Gasteiger partial charge in [-0.2, -0.15) is 0 Å². The molecule has 0 aromatic carbocycles. The summed E-state index contributed by atoms with van der Waals surface area (Å²) in [7, 11) is 0. The van der Waals surface area contributed by atoms with E-state index in [1.165, 1.54) is 0 Å². The minimum atomic E-state index is -0.563. The average Bonchev–Trinajstić information content (AvgIpc) is 2.71. The van der Waals surface area contributed by atoms with Gasteiger partial charge in [0.2, 0.25) is 5.91 Å². The van der Waals surface area contributed by atoms with Crippen LogP contribution in [-0.4, -0.2) is 30.2 Å². The van der Waals surface area contributed by atoms with Crippen LogP contribution in [0.25, 0.3) is 0 Å². The number of hydrogen-bond acceptors (Lipinski definition) is 3. The molecule has 0 radical (unpaired) electrons. The van der Waals surface area contributed by atoms with Gasteiger partial charge in [-0.25, -0.2) is 0 Å². The van der Waals surface area contributed by atoms with E-state index in [9.17, 15) is 4.79 Å². The molecular weight excluding hydrogens is 180 g/mol. The highest BCUT2D eigenvalue weighted by molar-refractivity contribution is 5.89. The fourth-order valence-corrected chi connectivity index (χ4v) is 1.80. The molecule has 2 fully saturated rings. The Bertz CT molecular complexity index is 232. The lowest BCUT2D eigenvalue weighted by Gasteiger charge is -2.21. The number of nitrogens with one attached hydrogen (secondary N) is 1. The molecule has 80 valence electrons. The molecule has 3 N–H and O–H groups in total. The van der Waals surface area contributed by atoms with Crippen LogP contribution in [0.2, 0.25) is 0 Å². The zero-order chi connectivity index (χ0) is 10.2. The lowest BCUT2D eigenvalue weighted by Crippen LogP contribution is -2.49. The summed E-state index contributed by atoms with van der Waals surface area (Å²) >= 11 is 0. The fraction of sp³-hybridized carbons (Fsp3) is 0.900. The molecule has 0 aromatic rings.